The first-order valence-corrected chi connectivity index (χ1v) is 8.49. The van der Waals surface area contributed by atoms with Crippen molar-refractivity contribution in [2.45, 2.75) is 10.6 Å². The molecular formula is C16H14N2O4S. The molecule has 1 N–H and O–H groups in total. The van der Waals surface area contributed by atoms with E-state index in [1.165, 1.54) is 19.2 Å². The number of nitrogens with one attached hydrogen (secondary N) is 1. The van der Waals surface area contributed by atoms with Crippen molar-refractivity contribution < 1.29 is 13.2 Å². The largest absolute Gasteiger partial charge is 0.497 e. The predicted molar refractivity (Wildman–Crippen MR) is 86.2 cm³/mol. The fourth-order valence-corrected chi connectivity index (χ4v) is 3.49. The summed E-state index contributed by atoms with van der Waals surface area (Å²) in [4.78, 5) is 19.1. The van der Waals surface area contributed by atoms with Crippen LogP contribution in [0.5, 0.6) is 5.75 Å². The number of H-pyrrole nitrogens is 1. The third-order valence-corrected chi connectivity index (χ3v) is 5.03. The Morgan fingerprint density at radius 1 is 1.13 bits per heavy atom. The van der Waals surface area contributed by atoms with E-state index in [1.807, 2.05) is 0 Å². The summed E-state index contributed by atoms with van der Waals surface area (Å²) in [5.74, 6) is 0.278. The summed E-state index contributed by atoms with van der Waals surface area (Å²) in [6.07, 6.45) is 0. The molecule has 0 bridgehead atoms. The van der Waals surface area contributed by atoms with Gasteiger partial charge < -0.3 is 9.72 Å². The molecule has 2 aromatic carbocycles. The Hall–Kier alpha value is -2.67. The van der Waals surface area contributed by atoms with Crippen molar-refractivity contribution in [3.8, 4) is 5.75 Å². The number of hydrogen-bond donors (Lipinski definition) is 1. The number of aromatic amines is 1. The van der Waals surface area contributed by atoms with Gasteiger partial charge in [-0.1, -0.05) is 18.2 Å². The van der Waals surface area contributed by atoms with Gasteiger partial charge in [0.25, 0.3) is 5.56 Å². The zero-order valence-electron chi connectivity index (χ0n) is 12.3. The van der Waals surface area contributed by atoms with Crippen molar-refractivity contribution in [2.75, 3.05) is 7.11 Å². The van der Waals surface area contributed by atoms with Crippen LogP contribution in [0, 0.1) is 0 Å². The van der Waals surface area contributed by atoms with Gasteiger partial charge in [-0.3, -0.25) is 4.79 Å². The average Bonchev–Trinajstić information content (AvgIpc) is 2.55. The van der Waals surface area contributed by atoms with Crippen molar-refractivity contribution in [3.05, 3.63) is 64.7 Å². The molecule has 0 radical (unpaired) electrons. The van der Waals surface area contributed by atoms with Crippen LogP contribution >= 0.6 is 0 Å². The van der Waals surface area contributed by atoms with Gasteiger partial charge in [0.05, 0.1) is 22.9 Å². The van der Waals surface area contributed by atoms with Gasteiger partial charge >= 0.3 is 0 Å². The van der Waals surface area contributed by atoms with Crippen LogP contribution in [-0.4, -0.2) is 25.5 Å². The van der Waals surface area contributed by atoms with E-state index in [-0.39, 0.29) is 16.5 Å². The van der Waals surface area contributed by atoms with E-state index in [9.17, 15) is 13.2 Å². The van der Waals surface area contributed by atoms with Crippen LogP contribution in [0.15, 0.2) is 58.2 Å². The summed E-state index contributed by atoms with van der Waals surface area (Å²) in [5.41, 5.74) is 0.0278. The molecule has 1 aromatic heterocycles. The third-order valence-electron chi connectivity index (χ3n) is 3.39. The van der Waals surface area contributed by atoms with Crippen LogP contribution in [0.1, 0.15) is 5.82 Å². The standard InChI is InChI=1S/C16H14N2O4S/c1-22-11-7-8-14-13(9-11)16(19)18-15(17-14)10-23(20,21)12-5-3-2-4-6-12/h2-9H,10H2,1H3,(H,17,18,19). The summed E-state index contributed by atoms with van der Waals surface area (Å²) in [6.45, 7) is 0. The molecule has 0 unspecified atom stereocenters. The zero-order chi connectivity index (χ0) is 16.4. The first-order chi connectivity index (χ1) is 11.0. The van der Waals surface area contributed by atoms with Crippen LogP contribution in [0.25, 0.3) is 10.9 Å². The molecule has 0 aliphatic heterocycles. The van der Waals surface area contributed by atoms with E-state index in [0.717, 1.165) is 0 Å². The molecule has 3 rings (SSSR count). The molecule has 0 fully saturated rings. The highest BCUT2D eigenvalue weighted by Crippen LogP contribution is 2.18. The van der Waals surface area contributed by atoms with E-state index in [4.69, 9.17) is 4.74 Å². The Morgan fingerprint density at radius 2 is 1.87 bits per heavy atom. The van der Waals surface area contributed by atoms with Crippen LogP contribution in [0.4, 0.5) is 0 Å². The minimum Gasteiger partial charge on any atom is -0.497 e. The number of fused-ring (bicyclic) bond motifs is 1. The van der Waals surface area contributed by atoms with Crippen molar-refractivity contribution in [2.24, 2.45) is 0 Å². The number of benzene rings is 2. The SMILES string of the molecule is COc1ccc2nc(CS(=O)(=O)c3ccccc3)[nH]c(=O)c2c1. The normalized spacial score (nSPS) is 11.5. The van der Waals surface area contributed by atoms with Crippen LogP contribution < -0.4 is 10.3 Å². The van der Waals surface area contributed by atoms with Gasteiger partial charge in [-0.25, -0.2) is 13.4 Å². The Kier molecular flexibility index (Phi) is 3.87. The average molecular weight is 330 g/mol. The smallest absolute Gasteiger partial charge is 0.258 e. The van der Waals surface area contributed by atoms with Gasteiger partial charge in [0.15, 0.2) is 9.84 Å². The zero-order valence-corrected chi connectivity index (χ0v) is 13.1. The predicted octanol–water partition coefficient (Wildman–Crippen LogP) is 1.91. The van der Waals surface area contributed by atoms with Crippen LogP contribution in [0.3, 0.4) is 0 Å². The highest BCUT2D eigenvalue weighted by molar-refractivity contribution is 7.90. The van der Waals surface area contributed by atoms with Gasteiger partial charge in [-0.15, -0.1) is 0 Å². The molecule has 3 aromatic rings. The Morgan fingerprint density at radius 3 is 2.57 bits per heavy atom. The summed E-state index contributed by atoms with van der Waals surface area (Å²) in [7, 11) is -2.07. The Balaban J connectivity index is 2.03. The summed E-state index contributed by atoms with van der Waals surface area (Å²) in [6, 6.07) is 12.9. The second-order valence-corrected chi connectivity index (χ2v) is 6.96. The third kappa shape index (κ3) is 3.09. The Labute approximate surface area is 132 Å². The molecule has 0 atom stereocenters. The van der Waals surface area contributed by atoms with Gasteiger partial charge in [-0.2, -0.15) is 0 Å². The second-order valence-electron chi connectivity index (χ2n) is 4.97. The van der Waals surface area contributed by atoms with E-state index < -0.39 is 15.4 Å². The molecule has 0 amide bonds. The van der Waals surface area contributed by atoms with E-state index >= 15 is 0 Å². The summed E-state index contributed by atoms with van der Waals surface area (Å²) >= 11 is 0. The highest BCUT2D eigenvalue weighted by Gasteiger charge is 2.17. The Bertz CT molecular complexity index is 1010. The lowest BCUT2D eigenvalue weighted by molar-refractivity contribution is 0.415. The monoisotopic (exact) mass is 330 g/mol. The molecule has 0 spiro atoms. The van der Waals surface area contributed by atoms with E-state index in [1.54, 1.807) is 36.4 Å². The molecule has 0 aliphatic rings. The molecule has 7 heteroatoms. The number of hydrogen-bond acceptors (Lipinski definition) is 5. The number of sulfone groups is 1. The van der Waals surface area contributed by atoms with E-state index in [0.29, 0.717) is 16.7 Å². The van der Waals surface area contributed by atoms with Crippen LogP contribution in [0.2, 0.25) is 0 Å². The van der Waals surface area contributed by atoms with Crippen molar-refractivity contribution in [1.29, 1.82) is 0 Å². The van der Waals surface area contributed by atoms with Gasteiger partial charge in [0.1, 0.15) is 17.3 Å². The molecule has 6 nitrogen and oxygen atoms in total. The number of methoxy groups -OCH3 is 1. The fraction of sp³-hybridized carbons (Fsp3) is 0.125. The van der Waals surface area contributed by atoms with Crippen molar-refractivity contribution >= 4 is 20.7 Å². The van der Waals surface area contributed by atoms with Gasteiger partial charge in [-0.05, 0) is 30.3 Å². The number of rotatable bonds is 4. The molecule has 1 heterocycles. The topological polar surface area (TPSA) is 89.1 Å². The quantitative estimate of drug-likeness (QED) is 0.789. The molecule has 0 saturated heterocycles. The molecule has 0 saturated carbocycles. The maximum absolute atomic E-state index is 12.4. The van der Waals surface area contributed by atoms with Crippen molar-refractivity contribution in [1.82, 2.24) is 9.97 Å². The lowest BCUT2D eigenvalue weighted by atomic mass is 10.2. The summed E-state index contributed by atoms with van der Waals surface area (Å²) < 4.78 is 29.8. The highest BCUT2D eigenvalue weighted by atomic mass is 32.2. The molecule has 118 valence electrons. The lowest BCUT2D eigenvalue weighted by Crippen LogP contribution is -2.15. The van der Waals surface area contributed by atoms with Gasteiger partial charge in [0.2, 0.25) is 0 Å². The molecule has 23 heavy (non-hydrogen) atoms. The molecular weight excluding hydrogens is 316 g/mol. The number of nitrogens with zero attached hydrogens (tertiary/aromatic N) is 1. The van der Waals surface area contributed by atoms with Crippen LogP contribution in [-0.2, 0) is 15.6 Å². The fourth-order valence-electron chi connectivity index (χ4n) is 2.25. The van der Waals surface area contributed by atoms with Crippen molar-refractivity contribution in [3.63, 3.8) is 0 Å². The van der Waals surface area contributed by atoms with Gasteiger partial charge in [0, 0.05) is 0 Å². The van der Waals surface area contributed by atoms with E-state index in [2.05, 4.69) is 9.97 Å². The minimum atomic E-state index is -3.57. The number of aromatic nitrogens is 2. The molecule has 0 aliphatic carbocycles. The first kappa shape index (κ1) is 15.2. The maximum atomic E-state index is 12.4. The number of ether oxygens (including phenoxy) is 1. The first-order valence-electron chi connectivity index (χ1n) is 6.84. The lowest BCUT2D eigenvalue weighted by Gasteiger charge is -2.06. The maximum Gasteiger partial charge on any atom is 0.258 e. The second kappa shape index (κ2) is 5.85. The summed E-state index contributed by atoms with van der Waals surface area (Å²) in [5, 5.41) is 0.352. The minimum absolute atomic E-state index is 0.108.